The summed E-state index contributed by atoms with van der Waals surface area (Å²) in [5, 5.41) is 13.3. The van der Waals surface area contributed by atoms with E-state index in [2.05, 4.69) is 10.6 Å². The standard InChI is InChI=1S/C13H13N3O5/c1-16-11(19)8-3-2-7(6-9(8)12(16)20)15-13(21)14-5-4-10(17)18/h2-3,6H,4-5H2,1H3,(H,17,18)(H2,14,15,21). The topological polar surface area (TPSA) is 116 Å². The molecule has 0 fully saturated rings. The van der Waals surface area contributed by atoms with E-state index in [1.807, 2.05) is 0 Å². The fourth-order valence-electron chi connectivity index (χ4n) is 1.90. The first-order valence-electron chi connectivity index (χ1n) is 6.13. The van der Waals surface area contributed by atoms with Gasteiger partial charge in [-0.05, 0) is 18.2 Å². The molecular weight excluding hydrogens is 278 g/mol. The van der Waals surface area contributed by atoms with Crippen molar-refractivity contribution in [2.45, 2.75) is 6.42 Å². The smallest absolute Gasteiger partial charge is 0.319 e. The number of carbonyl (C=O) groups excluding carboxylic acids is 3. The van der Waals surface area contributed by atoms with Crippen molar-refractivity contribution < 1.29 is 24.3 Å². The molecule has 3 N–H and O–H groups in total. The Morgan fingerprint density at radius 2 is 1.86 bits per heavy atom. The van der Waals surface area contributed by atoms with E-state index in [0.717, 1.165) is 4.90 Å². The molecule has 8 nitrogen and oxygen atoms in total. The summed E-state index contributed by atoms with van der Waals surface area (Å²) in [6.45, 7) is -0.00768. The lowest BCUT2D eigenvalue weighted by atomic mass is 10.1. The molecule has 0 bridgehead atoms. The summed E-state index contributed by atoms with van der Waals surface area (Å²) in [6.07, 6.45) is -0.185. The predicted octanol–water partition coefficient (Wildman–Crippen LogP) is 0.509. The first kappa shape index (κ1) is 14.5. The van der Waals surface area contributed by atoms with Crippen LogP contribution in [0.3, 0.4) is 0 Å². The highest BCUT2D eigenvalue weighted by molar-refractivity contribution is 6.21. The second kappa shape index (κ2) is 5.61. The van der Waals surface area contributed by atoms with E-state index in [1.54, 1.807) is 0 Å². The number of benzene rings is 1. The number of aliphatic carboxylic acids is 1. The van der Waals surface area contributed by atoms with Gasteiger partial charge in [0.1, 0.15) is 0 Å². The predicted molar refractivity (Wildman–Crippen MR) is 72.1 cm³/mol. The zero-order valence-corrected chi connectivity index (χ0v) is 11.2. The molecule has 1 heterocycles. The Bertz CT molecular complexity index is 641. The van der Waals surface area contributed by atoms with E-state index in [4.69, 9.17) is 5.11 Å². The first-order valence-corrected chi connectivity index (χ1v) is 6.13. The Labute approximate surface area is 119 Å². The molecule has 1 aliphatic rings. The van der Waals surface area contributed by atoms with Crippen molar-refractivity contribution >= 4 is 29.5 Å². The molecule has 8 heteroatoms. The molecule has 21 heavy (non-hydrogen) atoms. The summed E-state index contributed by atoms with van der Waals surface area (Å²) in [6, 6.07) is 3.79. The number of hydrogen-bond donors (Lipinski definition) is 3. The highest BCUT2D eigenvalue weighted by atomic mass is 16.4. The van der Waals surface area contributed by atoms with Gasteiger partial charge in [0.2, 0.25) is 0 Å². The number of rotatable bonds is 4. The molecule has 0 saturated carbocycles. The van der Waals surface area contributed by atoms with E-state index in [0.29, 0.717) is 11.3 Å². The molecule has 2 rings (SSSR count). The Kier molecular flexibility index (Phi) is 3.88. The molecule has 110 valence electrons. The largest absolute Gasteiger partial charge is 0.481 e. The van der Waals surface area contributed by atoms with Crippen molar-refractivity contribution in [1.82, 2.24) is 10.2 Å². The Morgan fingerprint density at radius 3 is 2.52 bits per heavy atom. The molecular formula is C13H13N3O5. The van der Waals surface area contributed by atoms with Gasteiger partial charge in [0, 0.05) is 19.3 Å². The number of nitrogens with zero attached hydrogens (tertiary/aromatic N) is 1. The average Bonchev–Trinajstić information content (AvgIpc) is 2.63. The molecule has 4 amide bonds. The minimum absolute atomic E-state index is 0.00768. The van der Waals surface area contributed by atoms with Crippen molar-refractivity contribution in [1.29, 1.82) is 0 Å². The molecule has 1 aliphatic heterocycles. The number of hydrogen-bond acceptors (Lipinski definition) is 4. The molecule has 0 radical (unpaired) electrons. The monoisotopic (exact) mass is 291 g/mol. The summed E-state index contributed by atoms with van der Waals surface area (Å²) >= 11 is 0. The van der Waals surface area contributed by atoms with Crippen LogP contribution in [0.4, 0.5) is 10.5 Å². The second-order valence-corrected chi connectivity index (χ2v) is 4.45. The fraction of sp³-hybridized carbons (Fsp3) is 0.231. The SMILES string of the molecule is CN1C(=O)c2ccc(NC(=O)NCCC(=O)O)cc2C1=O. The maximum absolute atomic E-state index is 11.8. The Morgan fingerprint density at radius 1 is 1.19 bits per heavy atom. The summed E-state index contributed by atoms with van der Waals surface area (Å²) in [4.78, 5) is 46.3. The van der Waals surface area contributed by atoms with E-state index in [9.17, 15) is 19.2 Å². The highest BCUT2D eigenvalue weighted by Crippen LogP contribution is 2.24. The van der Waals surface area contributed by atoms with Gasteiger partial charge in [0.15, 0.2) is 0 Å². The third-order valence-corrected chi connectivity index (χ3v) is 2.97. The van der Waals surface area contributed by atoms with E-state index >= 15 is 0 Å². The van der Waals surface area contributed by atoms with Crippen LogP contribution >= 0.6 is 0 Å². The van der Waals surface area contributed by atoms with Gasteiger partial charge in [-0.2, -0.15) is 0 Å². The van der Waals surface area contributed by atoms with Gasteiger partial charge in [0.25, 0.3) is 11.8 Å². The van der Waals surface area contributed by atoms with Crippen molar-refractivity contribution in [3.63, 3.8) is 0 Å². The van der Waals surface area contributed by atoms with Crippen LogP contribution in [0.2, 0.25) is 0 Å². The Hall–Kier alpha value is -2.90. The van der Waals surface area contributed by atoms with Gasteiger partial charge in [-0.25, -0.2) is 4.79 Å². The van der Waals surface area contributed by atoms with Gasteiger partial charge < -0.3 is 15.7 Å². The average molecular weight is 291 g/mol. The van der Waals surface area contributed by atoms with Crippen molar-refractivity contribution in [2.24, 2.45) is 0 Å². The quantitative estimate of drug-likeness (QED) is 0.699. The number of nitrogens with one attached hydrogen (secondary N) is 2. The number of fused-ring (bicyclic) bond motifs is 1. The zero-order valence-electron chi connectivity index (χ0n) is 11.2. The molecule has 1 aromatic rings. The van der Waals surface area contributed by atoms with Crippen molar-refractivity contribution in [3.8, 4) is 0 Å². The van der Waals surface area contributed by atoms with Crippen LogP contribution in [-0.2, 0) is 4.79 Å². The van der Waals surface area contributed by atoms with Gasteiger partial charge in [0.05, 0.1) is 17.5 Å². The van der Waals surface area contributed by atoms with Crippen LogP contribution in [0.15, 0.2) is 18.2 Å². The molecule has 0 aliphatic carbocycles. The number of carboxylic acid groups (broad SMARTS) is 1. The summed E-state index contributed by atoms with van der Waals surface area (Å²) in [5.41, 5.74) is 0.864. The highest BCUT2D eigenvalue weighted by Gasteiger charge is 2.32. The minimum Gasteiger partial charge on any atom is -0.481 e. The number of carbonyl (C=O) groups is 4. The lowest BCUT2D eigenvalue weighted by Crippen LogP contribution is -2.30. The summed E-state index contributed by atoms with van der Waals surface area (Å²) in [7, 11) is 1.39. The lowest BCUT2D eigenvalue weighted by molar-refractivity contribution is -0.136. The summed E-state index contributed by atoms with van der Waals surface area (Å²) in [5.74, 6) is -1.82. The van der Waals surface area contributed by atoms with Crippen LogP contribution in [0, 0.1) is 0 Å². The molecule has 0 atom stereocenters. The van der Waals surface area contributed by atoms with Gasteiger partial charge >= 0.3 is 12.0 Å². The van der Waals surface area contributed by atoms with E-state index in [-0.39, 0.29) is 24.4 Å². The number of amides is 4. The van der Waals surface area contributed by atoms with Crippen LogP contribution in [-0.4, -0.2) is 47.4 Å². The van der Waals surface area contributed by atoms with Crippen LogP contribution in [0.25, 0.3) is 0 Å². The van der Waals surface area contributed by atoms with E-state index < -0.39 is 17.9 Å². The van der Waals surface area contributed by atoms with Gasteiger partial charge in [-0.3, -0.25) is 19.3 Å². The van der Waals surface area contributed by atoms with Gasteiger partial charge in [-0.1, -0.05) is 0 Å². The number of anilines is 1. The third-order valence-electron chi connectivity index (χ3n) is 2.97. The normalized spacial score (nSPS) is 13.1. The van der Waals surface area contributed by atoms with Gasteiger partial charge in [-0.15, -0.1) is 0 Å². The van der Waals surface area contributed by atoms with Crippen molar-refractivity contribution in [3.05, 3.63) is 29.3 Å². The molecule has 0 saturated heterocycles. The number of imide groups is 1. The molecule has 0 aromatic heterocycles. The van der Waals surface area contributed by atoms with Crippen molar-refractivity contribution in [2.75, 3.05) is 18.9 Å². The number of urea groups is 1. The molecule has 0 unspecified atom stereocenters. The van der Waals surface area contributed by atoms with Crippen LogP contribution < -0.4 is 10.6 Å². The number of carboxylic acids is 1. The Balaban J connectivity index is 2.04. The molecule has 0 spiro atoms. The van der Waals surface area contributed by atoms with E-state index in [1.165, 1.54) is 25.2 Å². The first-order chi connectivity index (χ1) is 9.90. The minimum atomic E-state index is -1.01. The lowest BCUT2D eigenvalue weighted by Gasteiger charge is -2.07. The fourth-order valence-corrected chi connectivity index (χ4v) is 1.90. The van der Waals surface area contributed by atoms with Crippen LogP contribution in [0.5, 0.6) is 0 Å². The third kappa shape index (κ3) is 2.99. The maximum Gasteiger partial charge on any atom is 0.319 e. The summed E-state index contributed by atoms with van der Waals surface area (Å²) < 4.78 is 0. The van der Waals surface area contributed by atoms with Crippen LogP contribution in [0.1, 0.15) is 27.1 Å². The zero-order chi connectivity index (χ0) is 15.6. The molecule has 1 aromatic carbocycles. The maximum atomic E-state index is 11.8. The second-order valence-electron chi connectivity index (χ2n) is 4.45.